The minimum Gasteiger partial charge on any atom is -0.465 e. The lowest BCUT2D eigenvalue weighted by Gasteiger charge is -2.24. The van der Waals surface area contributed by atoms with Gasteiger partial charge in [-0.2, -0.15) is 0 Å². The number of esters is 1. The first-order valence-electron chi connectivity index (χ1n) is 10.4. The van der Waals surface area contributed by atoms with E-state index in [1.54, 1.807) is 11.8 Å². The van der Waals surface area contributed by atoms with Crippen molar-refractivity contribution in [3.05, 3.63) is 59.4 Å². The summed E-state index contributed by atoms with van der Waals surface area (Å²) in [5, 5.41) is 2.69. The van der Waals surface area contributed by atoms with Crippen LogP contribution in [0.1, 0.15) is 49.9 Å². The number of aromatic nitrogens is 1. The van der Waals surface area contributed by atoms with Crippen molar-refractivity contribution in [2.24, 2.45) is 0 Å². The van der Waals surface area contributed by atoms with Crippen LogP contribution >= 0.6 is 0 Å². The molecule has 0 spiro atoms. The van der Waals surface area contributed by atoms with Gasteiger partial charge >= 0.3 is 12.0 Å². The Labute approximate surface area is 173 Å². The summed E-state index contributed by atoms with van der Waals surface area (Å²) in [6.45, 7) is 8.08. The van der Waals surface area contributed by atoms with Crippen LogP contribution < -0.4 is 5.32 Å². The molecule has 0 aliphatic rings. The Morgan fingerprint density at radius 3 is 2.69 bits per heavy atom. The molecule has 2 amide bonds. The van der Waals surface area contributed by atoms with Gasteiger partial charge in [-0.1, -0.05) is 49.6 Å². The van der Waals surface area contributed by atoms with E-state index in [9.17, 15) is 9.59 Å². The first kappa shape index (κ1) is 22.5. The summed E-state index contributed by atoms with van der Waals surface area (Å²) in [6.07, 6.45) is 5.12. The number of hydrogen-bond donors (Lipinski definition) is 1. The molecule has 0 saturated heterocycles. The average Bonchev–Trinajstić information content (AvgIpc) is 3.12. The fourth-order valence-corrected chi connectivity index (χ4v) is 3.23. The highest BCUT2D eigenvalue weighted by molar-refractivity contribution is 5.80. The van der Waals surface area contributed by atoms with Crippen LogP contribution in [0.15, 0.2) is 42.6 Å². The van der Waals surface area contributed by atoms with Crippen LogP contribution in [0.5, 0.6) is 0 Å². The molecule has 0 atom stereocenters. The molecule has 158 valence electrons. The van der Waals surface area contributed by atoms with Crippen molar-refractivity contribution in [3.8, 4) is 0 Å². The van der Waals surface area contributed by atoms with Gasteiger partial charge in [-0.05, 0) is 38.0 Å². The Morgan fingerprint density at radius 1 is 1.14 bits per heavy atom. The van der Waals surface area contributed by atoms with Crippen molar-refractivity contribution in [3.63, 3.8) is 0 Å². The first-order valence-corrected chi connectivity index (χ1v) is 10.4. The van der Waals surface area contributed by atoms with Crippen LogP contribution in [0.4, 0.5) is 4.79 Å². The molecule has 0 unspecified atom stereocenters. The molecule has 1 heterocycles. The highest BCUT2D eigenvalue weighted by atomic mass is 16.5. The van der Waals surface area contributed by atoms with Crippen LogP contribution in [-0.2, 0) is 22.6 Å². The van der Waals surface area contributed by atoms with Crippen LogP contribution in [0.2, 0.25) is 0 Å². The molecule has 0 saturated carbocycles. The normalized spacial score (nSPS) is 10.6. The van der Waals surface area contributed by atoms with Gasteiger partial charge in [0.2, 0.25) is 0 Å². The summed E-state index contributed by atoms with van der Waals surface area (Å²) in [5.74, 6) is -0.419. The molecular weight excluding hydrogens is 366 g/mol. The topological polar surface area (TPSA) is 63.6 Å². The largest absolute Gasteiger partial charge is 0.465 e. The number of carbonyl (C=O) groups is 2. The second kappa shape index (κ2) is 11.9. The fourth-order valence-electron chi connectivity index (χ4n) is 3.23. The summed E-state index contributed by atoms with van der Waals surface area (Å²) in [7, 11) is 0. The number of amides is 2. The van der Waals surface area contributed by atoms with Gasteiger partial charge in [0.15, 0.2) is 0 Å². The van der Waals surface area contributed by atoms with Gasteiger partial charge in [0, 0.05) is 25.0 Å². The van der Waals surface area contributed by atoms with Gasteiger partial charge in [-0.3, -0.25) is 4.79 Å². The third-order valence-electron chi connectivity index (χ3n) is 4.72. The number of benzene rings is 1. The number of carbonyl (C=O) groups excluding carboxylic acids is 2. The average molecular weight is 400 g/mol. The van der Waals surface area contributed by atoms with Crippen LogP contribution in [-0.4, -0.2) is 41.2 Å². The standard InChI is InChI=1S/C23H33N3O3/c1-4-6-7-13-26(23(28)24-16-22(27)29-5-2)18-21-12-9-14-25(21)17-20-11-8-10-19(3)15-20/h8-12,14-15H,4-7,13,16-18H2,1-3H3,(H,24,28). The van der Waals surface area contributed by atoms with E-state index in [1.807, 2.05) is 18.3 Å². The van der Waals surface area contributed by atoms with E-state index in [0.29, 0.717) is 19.7 Å². The summed E-state index contributed by atoms with van der Waals surface area (Å²) in [4.78, 5) is 26.0. The van der Waals surface area contributed by atoms with Gasteiger partial charge in [-0.25, -0.2) is 4.79 Å². The highest BCUT2D eigenvalue weighted by Crippen LogP contribution is 2.13. The van der Waals surface area contributed by atoms with Crippen molar-refractivity contribution in [1.29, 1.82) is 0 Å². The first-order chi connectivity index (χ1) is 14.0. The summed E-state index contributed by atoms with van der Waals surface area (Å²) in [5.41, 5.74) is 3.52. The van der Waals surface area contributed by atoms with Crippen LogP contribution in [0.3, 0.4) is 0 Å². The van der Waals surface area contributed by atoms with Gasteiger partial charge < -0.3 is 19.5 Å². The van der Waals surface area contributed by atoms with E-state index in [1.165, 1.54) is 11.1 Å². The van der Waals surface area contributed by atoms with E-state index in [2.05, 4.69) is 48.0 Å². The minimum atomic E-state index is -0.419. The number of nitrogens with zero attached hydrogens (tertiary/aromatic N) is 2. The van der Waals surface area contributed by atoms with Crippen molar-refractivity contribution in [2.75, 3.05) is 19.7 Å². The summed E-state index contributed by atoms with van der Waals surface area (Å²) < 4.78 is 7.06. The molecule has 0 aliphatic heterocycles. The second-order valence-corrected chi connectivity index (χ2v) is 7.21. The Bertz CT molecular complexity index is 785. The van der Waals surface area contributed by atoms with Gasteiger partial charge in [0.25, 0.3) is 0 Å². The smallest absolute Gasteiger partial charge is 0.325 e. The molecule has 1 N–H and O–H groups in total. The molecule has 0 radical (unpaired) electrons. The summed E-state index contributed by atoms with van der Waals surface area (Å²) >= 11 is 0. The molecular formula is C23H33N3O3. The van der Waals surface area contributed by atoms with Crippen molar-refractivity contribution >= 4 is 12.0 Å². The molecule has 0 bridgehead atoms. The molecule has 1 aromatic heterocycles. The Morgan fingerprint density at radius 2 is 1.97 bits per heavy atom. The van der Waals surface area contributed by atoms with Gasteiger partial charge in [0.1, 0.15) is 6.54 Å². The molecule has 29 heavy (non-hydrogen) atoms. The summed E-state index contributed by atoms with van der Waals surface area (Å²) in [6, 6.07) is 12.2. The van der Waals surface area contributed by atoms with Gasteiger partial charge in [0.05, 0.1) is 13.2 Å². The zero-order valence-corrected chi connectivity index (χ0v) is 17.8. The number of urea groups is 1. The maximum Gasteiger partial charge on any atom is 0.325 e. The number of rotatable bonds is 11. The fraction of sp³-hybridized carbons (Fsp3) is 0.478. The number of ether oxygens (including phenoxy) is 1. The van der Waals surface area contributed by atoms with E-state index in [4.69, 9.17) is 4.74 Å². The lowest BCUT2D eigenvalue weighted by Crippen LogP contribution is -2.42. The van der Waals surface area contributed by atoms with Crippen LogP contribution in [0.25, 0.3) is 0 Å². The highest BCUT2D eigenvalue weighted by Gasteiger charge is 2.16. The van der Waals surface area contributed by atoms with Crippen molar-refractivity contribution < 1.29 is 14.3 Å². The Balaban J connectivity index is 2.05. The molecule has 0 fully saturated rings. The van der Waals surface area contributed by atoms with E-state index in [0.717, 1.165) is 31.5 Å². The Kier molecular flexibility index (Phi) is 9.28. The molecule has 2 aromatic rings. The Hall–Kier alpha value is -2.76. The zero-order valence-electron chi connectivity index (χ0n) is 17.8. The molecule has 6 heteroatoms. The number of unbranched alkanes of at least 4 members (excludes halogenated alkanes) is 2. The van der Waals surface area contributed by atoms with Crippen molar-refractivity contribution in [2.45, 2.75) is 53.1 Å². The molecule has 6 nitrogen and oxygen atoms in total. The maximum atomic E-state index is 12.7. The molecule has 1 aromatic carbocycles. The second-order valence-electron chi connectivity index (χ2n) is 7.21. The minimum absolute atomic E-state index is 0.110. The van der Waals surface area contributed by atoms with E-state index >= 15 is 0 Å². The number of aryl methyl sites for hydroxylation is 1. The van der Waals surface area contributed by atoms with E-state index < -0.39 is 5.97 Å². The lowest BCUT2D eigenvalue weighted by atomic mass is 10.1. The third kappa shape index (κ3) is 7.64. The lowest BCUT2D eigenvalue weighted by molar-refractivity contribution is -0.141. The molecule has 0 aliphatic carbocycles. The van der Waals surface area contributed by atoms with Gasteiger partial charge in [-0.15, -0.1) is 0 Å². The molecule has 2 rings (SSSR count). The predicted molar refractivity (Wildman–Crippen MR) is 115 cm³/mol. The third-order valence-corrected chi connectivity index (χ3v) is 4.72. The van der Waals surface area contributed by atoms with E-state index in [-0.39, 0.29) is 12.6 Å². The number of nitrogens with one attached hydrogen (secondary N) is 1. The maximum absolute atomic E-state index is 12.7. The zero-order chi connectivity index (χ0) is 21.1. The predicted octanol–water partition coefficient (Wildman–Crippen LogP) is 4.11. The monoisotopic (exact) mass is 399 g/mol. The number of hydrogen-bond acceptors (Lipinski definition) is 3. The quantitative estimate of drug-likeness (QED) is 0.457. The van der Waals surface area contributed by atoms with Crippen LogP contribution in [0, 0.1) is 6.92 Å². The SMILES string of the molecule is CCCCCN(Cc1cccn1Cc1cccc(C)c1)C(=O)NCC(=O)OCC. The van der Waals surface area contributed by atoms with Crippen molar-refractivity contribution in [1.82, 2.24) is 14.8 Å².